The van der Waals surface area contributed by atoms with E-state index < -0.39 is 22.6 Å². The van der Waals surface area contributed by atoms with Crippen LogP contribution in [0.2, 0.25) is 0 Å². The normalized spacial score (nSPS) is 16.7. The van der Waals surface area contributed by atoms with Crippen molar-refractivity contribution in [1.29, 1.82) is 0 Å². The van der Waals surface area contributed by atoms with Gasteiger partial charge in [-0.25, -0.2) is 13.2 Å². The summed E-state index contributed by atoms with van der Waals surface area (Å²) in [6.45, 7) is 6.41. The van der Waals surface area contributed by atoms with Gasteiger partial charge in [-0.3, -0.25) is 4.79 Å². The first kappa shape index (κ1) is 21.4. The van der Waals surface area contributed by atoms with Crippen LogP contribution in [0.4, 0.5) is 0 Å². The van der Waals surface area contributed by atoms with Crippen LogP contribution in [0.15, 0.2) is 29.2 Å². The van der Waals surface area contributed by atoms with E-state index in [0.29, 0.717) is 13.1 Å². The van der Waals surface area contributed by atoms with Crippen LogP contribution in [0.25, 0.3) is 0 Å². The number of esters is 1. The first-order valence-electron chi connectivity index (χ1n) is 9.28. The lowest BCUT2D eigenvalue weighted by molar-refractivity contribution is -0.125. The summed E-state index contributed by atoms with van der Waals surface area (Å²) in [5, 5.41) is 2.75. The highest BCUT2D eigenvalue weighted by molar-refractivity contribution is 7.89. The van der Waals surface area contributed by atoms with Crippen molar-refractivity contribution < 1.29 is 22.7 Å². The number of rotatable bonds is 7. The highest BCUT2D eigenvalue weighted by atomic mass is 32.2. The second kappa shape index (κ2) is 9.32. The summed E-state index contributed by atoms with van der Waals surface area (Å²) in [7, 11) is -3.63. The van der Waals surface area contributed by atoms with Crippen LogP contribution in [0, 0.1) is 5.92 Å². The third kappa shape index (κ3) is 5.77. The van der Waals surface area contributed by atoms with E-state index in [1.165, 1.54) is 28.6 Å². The molecule has 1 fully saturated rings. The predicted molar refractivity (Wildman–Crippen MR) is 102 cm³/mol. The van der Waals surface area contributed by atoms with Gasteiger partial charge in [-0.05, 0) is 43.9 Å². The molecule has 8 heteroatoms. The van der Waals surface area contributed by atoms with Gasteiger partial charge in [-0.1, -0.05) is 26.3 Å². The first-order chi connectivity index (χ1) is 12.7. The van der Waals surface area contributed by atoms with Gasteiger partial charge in [0.1, 0.15) is 0 Å². The van der Waals surface area contributed by atoms with Gasteiger partial charge in [-0.2, -0.15) is 4.31 Å². The van der Waals surface area contributed by atoms with Crippen LogP contribution >= 0.6 is 0 Å². The Kier molecular flexibility index (Phi) is 7.38. The number of nitrogens with zero attached hydrogens (tertiary/aromatic N) is 1. The van der Waals surface area contributed by atoms with Crippen LogP contribution in [0.1, 0.15) is 50.4 Å². The predicted octanol–water partition coefficient (Wildman–Crippen LogP) is 2.18. The molecule has 0 aliphatic carbocycles. The molecular formula is C19H28N2O5S. The van der Waals surface area contributed by atoms with Crippen molar-refractivity contribution in [2.75, 3.05) is 19.7 Å². The van der Waals surface area contributed by atoms with Gasteiger partial charge in [0.2, 0.25) is 10.0 Å². The van der Waals surface area contributed by atoms with Crippen LogP contribution in [-0.4, -0.2) is 50.3 Å². The molecule has 1 aliphatic heterocycles. The molecule has 0 saturated carbocycles. The standard InChI is InChI=1S/C19H28N2O5S/c1-14(2)15(3)20-18(22)13-26-19(23)16-8-7-9-17(12-16)27(24,25)21-10-5-4-6-11-21/h7-9,12,14-15H,4-6,10-11,13H2,1-3H3,(H,20,22)/t15-/m0/s1. The van der Waals surface area contributed by atoms with Crippen molar-refractivity contribution in [2.24, 2.45) is 5.92 Å². The van der Waals surface area contributed by atoms with Gasteiger partial charge >= 0.3 is 5.97 Å². The van der Waals surface area contributed by atoms with Crippen molar-refractivity contribution in [2.45, 2.75) is 51.0 Å². The Morgan fingerprint density at radius 1 is 1.15 bits per heavy atom. The van der Waals surface area contributed by atoms with Crippen molar-refractivity contribution in [3.05, 3.63) is 29.8 Å². The van der Waals surface area contributed by atoms with Crippen molar-refractivity contribution >= 4 is 21.9 Å². The van der Waals surface area contributed by atoms with Crippen LogP contribution < -0.4 is 5.32 Å². The average molecular weight is 397 g/mol. The van der Waals surface area contributed by atoms with E-state index in [1.54, 1.807) is 0 Å². The fraction of sp³-hybridized carbons (Fsp3) is 0.579. The van der Waals surface area contributed by atoms with Gasteiger partial charge in [0, 0.05) is 19.1 Å². The maximum absolute atomic E-state index is 12.7. The zero-order valence-corrected chi connectivity index (χ0v) is 16.9. The highest BCUT2D eigenvalue weighted by Crippen LogP contribution is 2.21. The van der Waals surface area contributed by atoms with E-state index in [-0.39, 0.29) is 28.3 Å². The van der Waals surface area contributed by atoms with Crippen molar-refractivity contribution in [3.8, 4) is 0 Å². The summed E-state index contributed by atoms with van der Waals surface area (Å²) in [6, 6.07) is 5.73. The fourth-order valence-electron chi connectivity index (χ4n) is 2.71. The third-order valence-corrected chi connectivity index (χ3v) is 6.64. The Balaban J connectivity index is 2.01. The number of hydrogen-bond donors (Lipinski definition) is 1. The summed E-state index contributed by atoms with van der Waals surface area (Å²) >= 11 is 0. The lowest BCUT2D eigenvalue weighted by atomic mass is 10.1. The van der Waals surface area contributed by atoms with E-state index in [4.69, 9.17) is 4.74 Å². The monoisotopic (exact) mass is 396 g/mol. The topological polar surface area (TPSA) is 92.8 Å². The van der Waals surface area contributed by atoms with Gasteiger partial charge < -0.3 is 10.1 Å². The van der Waals surface area contributed by atoms with Gasteiger partial charge in [0.25, 0.3) is 5.91 Å². The number of benzene rings is 1. The van der Waals surface area contributed by atoms with Crippen molar-refractivity contribution in [3.63, 3.8) is 0 Å². The Hall–Kier alpha value is -1.93. The maximum Gasteiger partial charge on any atom is 0.338 e. The van der Waals surface area contributed by atoms with Crippen LogP contribution in [-0.2, 0) is 19.6 Å². The highest BCUT2D eigenvalue weighted by Gasteiger charge is 2.26. The molecule has 150 valence electrons. The van der Waals surface area contributed by atoms with E-state index in [2.05, 4.69) is 5.32 Å². The molecular weight excluding hydrogens is 368 g/mol. The molecule has 1 N–H and O–H groups in total. The van der Waals surface area contributed by atoms with Crippen LogP contribution in [0.3, 0.4) is 0 Å². The van der Waals surface area contributed by atoms with E-state index >= 15 is 0 Å². The molecule has 1 atom stereocenters. The molecule has 1 aliphatic rings. The lowest BCUT2D eigenvalue weighted by Crippen LogP contribution is -2.38. The minimum atomic E-state index is -3.63. The fourth-order valence-corrected chi connectivity index (χ4v) is 4.28. The smallest absolute Gasteiger partial charge is 0.338 e. The van der Waals surface area contributed by atoms with Gasteiger partial charge in [0.05, 0.1) is 10.5 Å². The van der Waals surface area contributed by atoms with Crippen LogP contribution in [0.5, 0.6) is 0 Å². The SMILES string of the molecule is CC(C)[C@H](C)NC(=O)COC(=O)c1cccc(S(=O)(=O)N2CCCCC2)c1. The molecule has 0 radical (unpaired) electrons. The molecule has 0 spiro atoms. The summed E-state index contributed by atoms with van der Waals surface area (Å²) in [4.78, 5) is 24.1. The Morgan fingerprint density at radius 3 is 2.44 bits per heavy atom. The number of nitrogens with one attached hydrogen (secondary N) is 1. The van der Waals surface area contributed by atoms with E-state index in [0.717, 1.165) is 19.3 Å². The Bertz CT molecular complexity index is 770. The molecule has 1 aromatic carbocycles. The molecule has 1 amide bonds. The number of sulfonamides is 1. The average Bonchev–Trinajstić information content (AvgIpc) is 2.66. The van der Waals surface area contributed by atoms with Gasteiger partial charge in [-0.15, -0.1) is 0 Å². The Morgan fingerprint density at radius 2 is 1.81 bits per heavy atom. The molecule has 0 aromatic heterocycles. The second-order valence-electron chi connectivity index (χ2n) is 7.17. The number of hydrogen-bond acceptors (Lipinski definition) is 5. The number of amides is 1. The van der Waals surface area contributed by atoms with Crippen molar-refractivity contribution in [1.82, 2.24) is 9.62 Å². The summed E-state index contributed by atoms with van der Waals surface area (Å²) < 4.78 is 31.9. The molecule has 1 heterocycles. The van der Waals surface area contributed by atoms with E-state index in [1.807, 2.05) is 20.8 Å². The molecule has 7 nitrogen and oxygen atoms in total. The zero-order valence-electron chi connectivity index (χ0n) is 16.1. The molecule has 0 unspecified atom stereocenters. The number of carbonyl (C=O) groups is 2. The van der Waals surface area contributed by atoms with E-state index in [9.17, 15) is 18.0 Å². The van der Waals surface area contributed by atoms with Gasteiger partial charge in [0.15, 0.2) is 6.61 Å². The molecule has 0 bridgehead atoms. The number of carbonyl (C=O) groups excluding carboxylic acids is 2. The second-order valence-corrected chi connectivity index (χ2v) is 9.11. The first-order valence-corrected chi connectivity index (χ1v) is 10.7. The minimum absolute atomic E-state index is 0.0331. The zero-order chi connectivity index (χ0) is 20.0. The minimum Gasteiger partial charge on any atom is -0.452 e. The molecule has 1 aromatic rings. The largest absolute Gasteiger partial charge is 0.452 e. The molecule has 1 saturated heterocycles. The lowest BCUT2D eigenvalue weighted by Gasteiger charge is -2.25. The molecule has 2 rings (SSSR count). The third-order valence-electron chi connectivity index (χ3n) is 4.75. The summed E-state index contributed by atoms with van der Waals surface area (Å²) in [6.07, 6.45) is 2.70. The maximum atomic E-state index is 12.7. The summed E-state index contributed by atoms with van der Waals surface area (Å²) in [5.41, 5.74) is 0.109. The quantitative estimate of drug-likeness (QED) is 0.713. The Labute approximate surface area is 161 Å². The summed E-state index contributed by atoms with van der Waals surface area (Å²) in [5.74, 6) is -0.846. The molecule has 27 heavy (non-hydrogen) atoms. The number of ether oxygens (including phenoxy) is 1. The number of piperidine rings is 1.